The molecule has 0 aromatic heterocycles. The minimum absolute atomic E-state index is 0. The summed E-state index contributed by atoms with van der Waals surface area (Å²) in [5.74, 6) is -0.00345. The molecule has 0 radical (unpaired) electrons. The normalized spacial score (nSPS) is 25.0. The molecule has 1 spiro atoms. The van der Waals surface area contributed by atoms with Gasteiger partial charge in [-0.3, -0.25) is 4.79 Å². The lowest BCUT2D eigenvalue weighted by molar-refractivity contribution is 0.0776. The summed E-state index contributed by atoms with van der Waals surface area (Å²) < 4.78 is 0. The quantitative estimate of drug-likeness (QED) is 0.854. The molecule has 6 heteroatoms. The van der Waals surface area contributed by atoms with Gasteiger partial charge in [0.1, 0.15) is 0 Å². The Bertz CT molecular complexity index is 515. The lowest BCUT2D eigenvalue weighted by atomic mass is 9.86. The van der Waals surface area contributed by atoms with E-state index in [0.29, 0.717) is 15.6 Å². The van der Waals surface area contributed by atoms with Crippen molar-refractivity contribution in [2.24, 2.45) is 5.41 Å². The van der Waals surface area contributed by atoms with E-state index in [-0.39, 0.29) is 23.7 Å². The maximum absolute atomic E-state index is 12.5. The molecule has 0 bridgehead atoms. The van der Waals surface area contributed by atoms with Crippen molar-refractivity contribution >= 4 is 41.5 Å². The molecule has 3 nitrogen and oxygen atoms in total. The van der Waals surface area contributed by atoms with E-state index in [1.54, 1.807) is 18.2 Å². The molecule has 2 aliphatic rings. The third-order valence-electron chi connectivity index (χ3n) is 4.22. The number of likely N-dealkylation sites (tertiary alicyclic amines) is 1. The second-order valence-corrected chi connectivity index (χ2v) is 6.37. The summed E-state index contributed by atoms with van der Waals surface area (Å²) in [5.41, 5.74) is 0.790. The number of amides is 1. The Labute approximate surface area is 135 Å². The Kier molecular flexibility index (Phi) is 4.85. The van der Waals surface area contributed by atoms with E-state index in [0.717, 1.165) is 39.0 Å². The van der Waals surface area contributed by atoms with Crippen LogP contribution in [0.3, 0.4) is 0 Å². The fourth-order valence-corrected chi connectivity index (χ4v) is 3.45. The molecular formula is C14H17Cl3N2O. The van der Waals surface area contributed by atoms with E-state index in [2.05, 4.69) is 5.32 Å². The number of hydrogen-bond donors (Lipinski definition) is 1. The van der Waals surface area contributed by atoms with Gasteiger partial charge in [0.2, 0.25) is 0 Å². The van der Waals surface area contributed by atoms with Crippen LogP contribution in [0.15, 0.2) is 18.2 Å². The molecule has 1 aromatic carbocycles. The van der Waals surface area contributed by atoms with Gasteiger partial charge in [-0.15, -0.1) is 12.4 Å². The Morgan fingerprint density at radius 3 is 2.80 bits per heavy atom. The van der Waals surface area contributed by atoms with E-state index in [1.165, 1.54) is 0 Å². The zero-order valence-electron chi connectivity index (χ0n) is 11.0. The highest BCUT2D eigenvalue weighted by Gasteiger charge is 2.42. The molecule has 3 rings (SSSR count). The van der Waals surface area contributed by atoms with E-state index in [4.69, 9.17) is 23.2 Å². The molecule has 0 saturated carbocycles. The molecular weight excluding hydrogens is 319 g/mol. The van der Waals surface area contributed by atoms with E-state index in [9.17, 15) is 4.79 Å². The van der Waals surface area contributed by atoms with Crippen molar-refractivity contribution in [3.05, 3.63) is 33.8 Å². The van der Waals surface area contributed by atoms with Crippen LogP contribution in [0, 0.1) is 5.41 Å². The molecule has 2 heterocycles. The van der Waals surface area contributed by atoms with Crippen LogP contribution in [0.25, 0.3) is 0 Å². The molecule has 20 heavy (non-hydrogen) atoms. The van der Waals surface area contributed by atoms with E-state index < -0.39 is 0 Å². The smallest absolute Gasteiger partial charge is 0.255 e. The van der Waals surface area contributed by atoms with Gasteiger partial charge in [-0.25, -0.2) is 0 Å². The third kappa shape index (κ3) is 2.91. The standard InChI is InChI=1S/C14H16Cl2N2O.ClH/c15-10-1-2-12(16)11(7-10)13(19)18-6-4-14(9-18)3-5-17-8-14;/h1-2,7,17H,3-6,8-9H2;1H. The number of benzene rings is 1. The van der Waals surface area contributed by atoms with Crippen LogP contribution in [-0.2, 0) is 0 Å². The van der Waals surface area contributed by atoms with E-state index in [1.807, 2.05) is 4.90 Å². The minimum atomic E-state index is -0.00345. The monoisotopic (exact) mass is 334 g/mol. The fourth-order valence-electron chi connectivity index (χ4n) is 3.08. The molecule has 110 valence electrons. The molecule has 2 saturated heterocycles. The highest BCUT2D eigenvalue weighted by molar-refractivity contribution is 6.35. The van der Waals surface area contributed by atoms with Crippen LogP contribution in [0.5, 0.6) is 0 Å². The van der Waals surface area contributed by atoms with E-state index >= 15 is 0 Å². The third-order valence-corrected chi connectivity index (χ3v) is 4.78. The van der Waals surface area contributed by atoms with Gasteiger partial charge in [-0.05, 0) is 37.6 Å². The van der Waals surface area contributed by atoms with Gasteiger partial charge < -0.3 is 10.2 Å². The lowest BCUT2D eigenvalue weighted by Gasteiger charge is -2.23. The van der Waals surface area contributed by atoms with Gasteiger partial charge in [-0.2, -0.15) is 0 Å². The van der Waals surface area contributed by atoms with Gasteiger partial charge in [0, 0.05) is 30.1 Å². The summed E-state index contributed by atoms with van der Waals surface area (Å²) in [7, 11) is 0. The Balaban J connectivity index is 0.00000147. The first kappa shape index (κ1) is 15.9. The van der Waals surface area contributed by atoms with Crippen molar-refractivity contribution in [1.82, 2.24) is 10.2 Å². The summed E-state index contributed by atoms with van der Waals surface area (Å²) in [6.07, 6.45) is 2.23. The predicted molar refractivity (Wildman–Crippen MR) is 84.2 cm³/mol. The average Bonchev–Trinajstić information content (AvgIpc) is 3.03. The Hall–Kier alpha value is -0.480. The van der Waals surface area contributed by atoms with Crippen LogP contribution in [-0.4, -0.2) is 37.0 Å². The summed E-state index contributed by atoms with van der Waals surface area (Å²) in [5, 5.41) is 4.41. The molecule has 1 aromatic rings. The highest BCUT2D eigenvalue weighted by Crippen LogP contribution is 2.37. The number of nitrogens with zero attached hydrogens (tertiary/aromatic N) is 1. The van der Waals surface area contributed by atoms with Gasteiger partial charge in [0.15, 0.2) is 0 Å². The zero-order valence-corrected chi connectivity index (χ0v) is 13.3. The molecule has 1 amide bonds. The number of carbonyl (C=O) groups is 1. The summed E-state index contributed by atoms with van der Waals surface area (Å²) in [6.45, 7) is 3.70. The summed E-state index contributed by atoms with van der Waals surface area (Å²) >= 11 is 12.1. The summed E-state index contributed by atoms with van der Waals surface area (Å²) in [4.78, 5) is 14.4. The maximum Gasteiger partial charge on any atom is 0.255 e. The Morgan fingerprint density at radius 2 is 2.10 bits per heavy atom. The average molecular weight is 336 g/mol. The van der Waals surface area contributed by atoms with Crippen molar-refractivity contribution in [2.45, 2.75) is 12.8 Å². The first-order valence-corrected chi connectivity index (χ1v) is 7.30. The SMILES string of the molecule is Cl.O=C(c1cc(Cl)ccc1Cl)N1CCC2(CCNC2)C1. The van der Waals surface area contributed by atoms with Gasteiger partial charge >= 0.3 is 0 Å². The van der Waals surface area contributed by atoms with Gasteiger partial charge in [-0.1, -0.05) is 23.2 Å². The zero-order chi connectivity index (χ0) is 13.5. The lowest BCUT2D eigenvalue weighted by Crippen LogP contribution is -2.33. The molecule has 1 N–H and O–H groups in total. The molecule has 0 aliphatic carbocycles. The second kappa shape index (κ2) is 6.10. The minimum Gasteiger partial charge on any atom is -0.338 e. The molecule has 1 atom stereocenters. The number of nitrogens with one attached hydrogen (secondary N) is 1. The molecule has 2 fully saturated rings. The number of carbonyl (C=O) groups excluding carboxylic acids is 1. The van der Waals surface area contributed by atoms with Crippen LogP contribution < -0.4 is 5.32 Å². The number of halogens is 3. The fraction of sp³-hybridized carbons (Fsp3) is 0.500. The van der Waals surface area contributed by atoms with Crippen LogP contribution in [0.4, 0.5) is 0 Å². The largest absolute Gasteiger partial charge is 0.338 e. The van der Waals surface area contributed by atoms with Crippen molar-refractivity contribution < 1.29 is 4.79 Å². The van der Waals surface area contributed by atoms with Crippen molar-refractivity contribution in [2.75, 3.05) is 26.2 Å². The molecule has 2 aliphatic heterocycles. The first-order chi connectivity index (χ1) is 9.10. The number of rotatable bonds is 1. The predicted octanol–water partition coefficient (Wildman–Crippen LogP) is 3.24. The highest BCUT2D eigenvalue weighted by atomic mass is 35.5. The van der Waals surface area contributed by atoms with Crippen molar-refractivity contribution in [1.29, 1.82) is 0 Å². The topological polar surface area (TPSA) is 32.3 Å². The Morgan fingerprint density at radius 1 is 1.30 bits per heavy atom. The van der Waals surface area contributed by atoms with Crippen molar-refractivity contribution in [3.63, 3.8) is 0 Å². The molecule has 1 unspecified atom stereocenters. The van der Waals surface area contributed by atoms with Crippen LogP contribution >= 0.6 is 35.6 Å². The maximum atomic E-state index is 12.5. The van der Waals surface area contributed by atoms with Crippen LogP contribution in [0.1, 0.15) is 23.2 Å². The van der Waals surface area contributed by atoms with Crippen molar-refractivity contribution in [3.8, 4) is 0 Å². The second-order valence-electron chi connectivity index (χ2n) is 5.53. The van der Waals surface area contributed by atoms with Crippen LogP contribution in [0.2, 0.25) is 10.0 Å². The summed E-state index contributed by atoms with van der Waals surface area (Å²) in [6, 6.07) is 5.04. The van der Waals surface area contributed by atoms with Gasteiger partial charge in [0.05, 0.1) is 10.6 Å². The number of hydrogen-bond acceptors (Lipinski definition) is 2. The van der Waals surface area contributed by atoms with Gasteiger partial charge in [0.25, 0.3) is 5.91 Å². The first-order valence-electron chi connectivity index (χ1n) is 6.55.